The molecule has 0 spiro atoms. The maximum Gasteiger partial charge on any atom is 0.272 e. The lowest BCUT2D eigenvalue weighted by atomic mass is 10.1. The molecule has 0 aliphatic heterocycles. The molecule has 1 N–H and O–H groups in total. The van der Waals surface area contributed by atoms with Crippen LogP contribution >= 0.6 is 0 Å². The Morgan fingerprint density at radius 3 is 2.64 bits per heavy atom. The smallest absolute Gasteiger partial charge is 0.272 e. The average Bonchev–Trinajstić information content (AvgIpc) is 2.47. The SMILES string of the molecule is Cc1cc(C(=O)Nc2cccnc2N(C)C)ccc1[N+](=O)[O-]. The fraction of sp³-hybridized carbons (Fsp3) is 0.200. The van der Waals surface area contributed by atoms with E-state index < -0.39 is 4.92 Å². The van der Waals surface area contributed by atoms with Crippen LogP contribution in [-0.2, 0) is 0 Å². The summed E-state index contributed by atoms with van der Waals surface area (Å²) in [5.74, 6) is 0.295. The number of carbonyl (C=O) groups is 1. The number of aromatic nitrogens is 1. The Morgan fingerprint density at radius 2 is 2.05 bits per heavy atom. The van der Waals surface area contributed by atoms with Gasteiger partial charge in [-0.2, -0.15) is 0 Å². The zero-order valence-corrected chi connectivity index (χ0v) is 12.5. The summed E-state index contributed by atoms with van der Waals surface area (Å²) in [5.41, 5.74) is 1.37. The van der Waals surface area contributed by atoms with E-state index in [1.165, 1.54) is 18.2 Å². The number of nitro groups is 1. The highest BCUT2D eigenvalue weighted by Crippen LogP contribution is 2.23. The maximum atomic E-state index is 12.3. The Morgan fingerprint density at radius 1 is 1.32 bits per heavy atom. The zero-order chi connectivity index (χ0) is 16.3. The molecule has 7 heteroatoms. The second-order valence-electron chi connectivity index (χ2n) is 4.98. The summed E-state index contributed by atoms with van der Waals surface area (Å²) in [5, 5.41) is 13.6. The number of anilines is 2. The van der Waals surface area contributed by atoms with Crippen molar-refractivity contribution in [2.75, 3.05) is 24.3 Å². The normalized spacial score (nSPS) is 10.1. The minimum Gasteiger partial charge on any atom is -0.361 e. The maximum absolute atomic E-state index is 12.3. The molecule has 1 aromatic heterocycles. The van der Waals surface area contributed by atoms with Crippen LogP contribution in [0.1, 0.15) is 15.9 Å². The molecule has 0 saturated carbocycles. The number of carbonyl (C=O) groups excluding carboxylic acids is 1. The minimum absolute atomic E-state index is 0.00749. The Hall–Kier alpha value is -2.96. The Labute approximate surface area is 127 Å². The molecule has 7 nitrogen and oxygen atoms in total. The van der Waals surface area contributed by atoms with E-state index in [9.17, 15) is 14.9 Å². The second-order valence-corrected chi connectivity index (χ2v) is 4.98. The van der Waals surface area contributed by atoms with Crippen LogP contribution in [-0.4, -0.2) is 29.9 Å². The van der Waals surface area contributed by atoms with Gasteiger partial charge in [-0.3, -0.25) is 14.9 Å². The number of rotatable bonds is 4. The van der Waals surface area contributed by atoms with Crippen LogP contribution in [0.15, 0.2) is 36.5 Å². The highest BCUT2D eigenvalue weighted by Gasteiger charge is 2.15. The van der Waals surface area contributed by atoms with Gasteiger partial charge in [-0.05, 0) is 31.2 Å². The summed E-state index contributed by atoms with van der Waals surface area (Å²) in [6, 6.07) is 7.74. The van der Waals surface area contributed by atoms with Gasteiger partial charge < -0.3 is 10.2 Å². The Kier molecular flexibility index (Phi) is 4.36. The molecular formula is C15H16N4O3. The van der Waals surface area contributed by atoms with E-state index in [0.29, 0.717) is 22.6 Å². The lowest BCUT2D eigenvalue weighted by Crippen LogP contribution is -2.17. The van der Waals surface area contributed by atoms with E-state index >= 15 is 0 Å². The van der Waals surface area contributed by atoms with E-state index in [2.05, 4.69) is 10.3 Å². The minimum atomic E-state index is -0.470. The van der Waals surface area contributed by atoms with Crippen LogP contribution < -0.4 is 10.2 Å². The fourth-order valence-corrected chi connectivity index (χ4v) is 2.05. The van der Waals surface area contributed by atoms with Gasteiger partial charge in [0.05, 0.1) is 10.6 Å². The van der Waals surface area contributed by atoms with Crippen molar-refractivity contribution >= 4 is 23.1 Å². The van der Waals surface area contributed by atoms with E-state index in [-0.39, 0.29) is 11.6 Å². The standard InChI is InChI=1S/C15H16N4O3/c1-10-9-11(6-7-13(10)19(21)22)15(20)17-12-5-4-8-16-14(12)18(2)3/h4-9H,1-3H3,(H,17,20). The van der Waals surface area contributed by atoms with E-state index in [4.69, 9.17) is 0 Å². The lowest BCUT2D eigenvalue weighted by Gasteiger charge is -2.16. The predicted octanol–water partition coefficient (Wildman–Crippen LogP) is 2.62. The van der Waals surface area contributed by atoms with E-state index in [1.54, 1.807) is 30.2 Å². The molecule has 22 heavy (non-hydrogen) atoms. The molecule has 114 valence electrons. The third-order valence-electron chi connectivity index (χ3n) is 3.11. The monoisotopic (exact) mass is 300 g/mol. The van der Waals surface area contributed by atoms with Crippen molar-refractivity contribution in [2.24, 2.45) is 0 Å². The van der Waals surface area contributed by atoms with Crippen molar-refractivity contribution in [2.45, 2.75) is 6.92 Å². The second kappa shape index (κ2) is 6.21. The largest absolute Gasteiger partial charge is 0.361 e. The number of nitrogens with zero attached hydrogens (tertiary/aromatic N) is 3. The molecular weight excluding hydrogens is 284 g/mol. The third kappa shape index (κ3) is 3.20. The molecule has 0 aliphatic rings. The summed E-state index contributed by atoms with van der Waals surface area (Å²) in [6.07, 6.45) is 1.64. The highest BCUT2D eigenvalue weighted by atomic mass is 16.6. The van der Waals surface area contributed by atoms with Gasteiger partial charge in [0.25, 0.3) is 11.6 Å². The first-order valence-electron chi connectivity index (χ1n) is 6.59. The van der Waals surface area contributed by atoms with Gasteiger partial charge in [0.15, 0.2) is 5.82 Å². The first-order chi connectivity index (χ1) is 10.4. The molecule has 1 aromatic carbocycles. The van der Waals surface area contributed by atoms with Gasteiger partial charge in [0, 0.05) is 37.5 Å². The Bertz CT molecular complexity index is 728. The van der Waals surface area contributed by atoms with Crippen LogP contribution in [0.3, 0.4) is 0 Å². The molecule has 1 heterocycles. The molecule has 2 rings (SSSR count). The number of aryl methyl sites for hydroxylation is 1. The number of benzene rings is 1. The lowest BCUT2D eigenvalue weighted by molar-refractivity contribution is -0.385. The van der Waals surface area contributed by atoms with Crippen LogP contribution in [0.25, 0.3) is 0 Å². The molecule has 0 radical (unpaired) electrons. The van der Waals surface area contributed by atoms with Crippen molar-refractivity contribution in [3.05, 3.63) is 57.8 Å². The van der Waals surface area contributed by atoms with Gasteiger partial charge in [0.2, 0.25) is 0 Å². The van der Waals surface area contributed by atoms with Crippen LogP contribution in [0.4, 0.5) is 17.2 Å². The molecule has 0 aliphatic carbocycles. The fourth-order valence-electron chi connectivity index (χ4n) is 2.05. The zero-order valence-electron chi connectivity index (χ0n) is 12.5. The summed E-state index contributed by atoms with van der Waals surface area (Å²) in [7, 11) is 3.65. The molecule has 0 fully saturated rings. The van der Waals surface area contributed by atoms with Gasteiger partial charge in [-0.15, -0.1) is 0 Å². The van der Waals surface area contributed by atoms with Crippen molar-refractivity contribution in [1.29, 1.82) is 0 Å². The number of nitrogens with one attached hydrogen (secondary N) is 1. The molecule has 0 unspecified atom stereocenters. The van der Waals surface area contributed by atoms with Crippen molar-refractivity contribution in [3.63, 3.8) is 0 Å². The van der Waals surface area contributed by atoms with Crippen LogP contribution in [0.5, 0.6) is 0 Å². The number of hydrogen-bond donors (Lipinski definition) is 1. The average molecular weight is 300 g/mol. The number of amides is 1. The van der Waals surface area contributed by atoms with Crippen molar-refractivity contribution < 1.29 is 9.72 Å². The van der Waals surface area contributed by atoms with E-state index in [1.807, 2.05) is 14.1 Å². The first kappa shape index (κ1) is 15.4. The highest BCUT2D eigenvalue weighted by molar-refractivity contribution is 6.05. The van der Waals surface area contributed by atoms with Gasteiger partial charge >= 0.3 is 0 Å². The summed E-state index contributed by atoms with van der Waals surface area (Å²) in [4.78, 5) is 28.6. The summed E-state index contributed by atoms with van der Waals surface area (Å²) in [6.45, 7) is 1.60. The van der Waals surface area contributed by atoms with Gasteiger partial charge in [-0.1, -0.05) is 0 Å². The topological polar surface area (TPSA) is 88.4 Å². The van der Waals surface area contributed by atoms with Crippen molar-refractivity contribution in [1.82, 2.24) is 4.98 Å². The Balaban J connectivity index is 2.27. The van der Waals surface area contributed by atoms with Gasteiger partial charge in [0.1, 0.15) is 0 Å². The van der Waals surface area contributed by atoms with E-state index in [0.717, 1.165) is 0 Å². The molecule has 2 aromatic rings. The number of nitro benzene ring substituents is 1. The number of pyridine rings is 1. The quantitative estimate of drug-likeness (QED) is 0.692. The van der Waals surface area contributed by atoms with Crippen molar-refractivity contribution in [3.8, 4) is 0 Å². The van der Waals surface area contributed by atoms with Crippen LogP contribution in [0.2, 0.25) is 0 Å². The summed E-state index contributed by atoms with van der Waals surface area (Å²) < 4.78 is 0. The predicted molar refractivity (Wildman–Crippen MR) is 84.4 cm³/mol. The first-order valence-corrected chi connectivity index (χ1v) is 6.59. The number of hydrogen-bond acceptors (Lipinski definition) is 5. The third-order valence-corrected chi connectivity index (χ3v) is 3.11. The molecule has 1 amide bonds. The van der Waals surface area contributed by atoms with Gasteiger partial charge in [-0.25, -0.2) is 4.98 Å². The molecule has 0 atom stereocenters. The molecule has 0 saturated heterocycles. The van der Waals surface area contributed by atoms with Crippen LogP contribution in [0, 0.1) is 17.0 Å². The summed E-state index contributed by atoms with van der Waals surface area (Å²) >= 11 is 0. The molecule has 0 bridgehead atoms.